The van der Waals surface area contributed by atoms with E-state index < -0.39 is 41.3 Å². The third-order valence-electron chi connectivity index (χ3n) is 6.37. The van der Waals surface area contributed by atoms with Crippen molar-refractivity contribution in [3.8, 4) is 0 Å². The highest BCUT2D eigenvalue weighted by Gasteiger charge is 2.73. The Morgan fingerprint density at radius 2 is 2.10 bits per heavy atom. The van der Waals surface area contributed by atoms with Crippen LogP contribution >= 0.6 is 23.2 Å². The van der Waals surface area contributed by atoms with Crippen molar-refractivity contribution in [1.29, 1.82) is 0 Å². The fourth-order valence-corrected chi connectivity index (χ4v) is 6.01. The van der Waals surface area contributed by atoms with Crippen LogP contribution in [0, 0.1) is 17.3 Å². The molecule has 4 atom stereocenters. The van der Waals surface area contributed by atoms with Crippen molar-refractivity contribution in [2.45, 2.75) is 31.8 Å². The number of halogens is 2. The van der Waals surface area contributed by atoms with E-state index in [0.29, 0.717) is 29.2 Å². The first-order valence-corrected chi connectivity index (χ1v) is 10.4. The van der Waals surface area contributed by atoms with E-state index in [1.807, 2.05) is 18.7 Å². The summed E-state index contributed by atoms with van der Waals surface area (Å²) in [5, 5.41) is 13.4. The van der Waals surface area contributed by atoms with Crippen LogP contribution < -0.4 is 5.32 Å². The largest absolute Gasteiger partial charge is 0.481 e. The van der Waals surface area contributed by atoms with Gasteiger partial charge in [-0.2, -0.15) is 0 Å². The van der Waals surface area contributed by atoms with Gasteiger partial charge in [0.25, 0.3) is 5.91 Å². The second-order valence-electron chi connectivity index (χ2n) is 8.85. The number of carbonyl (C=O) groups is 3. The van der Waals surface area contributed by atoms with Gasteiger partial charge in [-0.1, -0.05) is 49.7 Å². The highest BCUT2D eigenvalue weighted by atomic mass is 35.5. The van der Waals surface area contributed by atoms with Crippen LogP contribution in [0.2, 0.25) is 10.0 Å². The number of ether oxygens (including phenoxy) is 1. The third-order valence-corrected chi connectivity index (χ3v) is 6.89. The zero-order chi connectivity index (χ0) is 22.0. The van der Waals surface area contributed by atoms with E-state index in [4.69, 9.17) is 27.9 Å². The second-order valence-corrected chi connectivity index (χ2v) is 9.70. The summed E-state index contributed by atoms with van der Waals surface area (Å²) < 4.78 is 5.29. The molecule has 3 heterocycles. The first-order chi connectivity index (χ1) is 14.0. The molecule has 0 aliphatic carbocycles. The molecule has 1 unspecified atom stereocenters. The summed E-state index contributed by atoms with van der Waals surface area (Å²) in [6.45, 7) is 7.92. The van der Waals surface area contributed by atoms with Gasteiger partial charge in [-0.05, 0) is 24.0 Å². The molecular weight excluding hydrogens is 431 g/mol. The number of carbonyl (C=O) groups excluding carboxylic acids is 2. The van der Waals surface area contributed by atoms with Crippen LogP contribution in [0.15, 0.2) is 24.8 Å². The third kappa shape index (κ3) is 2.79. The number of fused-ring (bicyclic) bond motifs is 4. The Balaban J connectivity index is 1.99. The lowest BCUT2D eigenvalue weighted by molar-refractivity contribution is -0.160. The number of carboxylic acids is 1. The number of benzene rings is 1. The monoisotopic (exact) mass is 452 g/mol. The van der Waals surface area contributed by atoms with Crippen molar-refractivity contribution in [3.63, 3.8) is 0 Å². The summed E-state index contributed by atoms with van der Waals surface area (Å²) in [5.74, 6) is -4.78. The molecule has 0 radical (unpaired) electrons. The van der Waals surface area contributed by atoms with Crippen molar-refractivity contribution >= 4 is 46.7 Å². The molecule has 7 nitrogen and oxygen atoms in total. The summed E-state index contributed by atoms with van der Waals surface area (Å²) in [7, 11) is 0. The zero-order valence-electron chi connectivity index (χ0n) is 16.6. The number of hydrogen-bond donors (Lipinski definition) is 2. The lowest BCUT2D eigenvalue weighted by Crippen LogP contribution is -2.54. The highest BCUT2D eigenvalue weighted by molar-refractivity contribution is 6.38. The molecule has 3 aliphatic rings. The molecular formula is C21H22Cl2N2O5. The predicted molar refractivity (Wildman–Crippen MR) is 111 cm³/mol. The molecule has 2 fully saturated rings. The van der Waals surface area contributed by atoms with Crippen LogP contribution in [-0.2, 0) is 24.7 Å². The number of amides is 1. The maximum Gasteiger partial charge on any atom is 0.313 e. The zero-order valence-corrected chi connectivity index (χ0v) is 18.1. The van der Waals surface area contributed by atoms with Crippen LogP contribution in [0.4, 0.5) is 5.69 Å². The molecule has 1 aromatic carbocycles. The van der Waals surface area contributed by atoms with E-state index in [1.165, 1.54) is 12.1 Å². The number of nitrogens with one attached hydrogen (secondary N) is 1. The summed E-state index contributed by atoms with van der Waals surface area (Å²) in [5.41, 5.74) is -1.05. The Morgan fingerprint density at radius 3 is 2.73 bits per heavy atom. The van der Waals surface area contributed by atoms with Gasteiger partial charge in [0, 0.05) is 23.2 Å². The summed E-state index contributed by atoms with van der Waals surface area (Å²) in [6, 6.07) is 2.57. The second kappa shape index (κ2) is 6.97. The fourth-order valence-electron chi connectivity index (χ4n) is 5.47. The number of nitrogens with zero attached hydrogens (tertiary/aromatic N) is 1. The van der Waals surface area contributed by atoms with Gasteiger partial charge in [0.2, 0.25) is 0 Å². The normalized spacial score (nSPS) is 31.3. The van der Waals surface area contributed by atoms with E-state index in [9.17, 15) is 19.5 Å². The topological polar surface area (TPSA) is 95.9 Å². The molecule has 2 N–H and O–H groups in total. The minimum absolute atomic E-state index is 0.0846. The number of aliphatic carboxylic acids is 1. The Kier molecular flexibility index (Phi) is 4.91. The van der Waals surface area contributed by atoms with Crippen molar-refractivity contribution in [3.05, 3.63) is 40.4 Å². The maximum atomic E-state index is 13.6. The van der Waals surface area contributed by atoms with Crippen LogP contribution in [0.3, 0.4) is 0 Å². The first kappa shape index (κ1) is 21.2. The van der Waals surface area contributed by atoms with E-state index in [-0.39, 0.29) is 17.0 Å². The molecule has 4 rings (SSSR count). The molecule has 160 valence electrons. The van der Waals surface area contributed by atoms with Crippen molar-refractivity contribution in [2.24, 2.45) is 17.3 Å². The number of anilines is 1. The van der Waals surface area contributed by atoms with Gasteiger partial charge in [0.05, 0.1) is 16.6 Å². The maximum absolute atomic E-state index is 13.6. The van der Waals surface area contributed by atoms with Crippen molar-refractivity contribution in [2.75, 3.05) is 18.5 Å². The van der Waals surface area contributed by atoms with E-state index >= 15 is 0 Å². The first-order valence-electron chi connectivity index (χ1n) is 9.62. The molecule has 0 aromatic heterocycles. The summed E-state index contributed by atoms with van der Waals surface area (Å²) >= 11 is 12.6. The van der Waals surface area contributed by atoms with E-state index in [2.05, 4.69) is 11.9 Å². The van der Waals surface area contributed by atoms with Gasteiger partial charge in [0.1, 0.15) is 18.1 Å². The van der Waals surface area contributed by atoms with Crippen LogP contribution in [0.1, 0.15) is 25.8 Å². The Bertz CT molecular complexity index is 978. The molecule has 1 spiro atoms. The van der Waals surface area contributed by atoms with Gasteiger partial charge in [0.15, 0.2) is 0 Å². The molecule has 1 amide bonds. The fraction of sp³-hybridized carbons (Fsp3) is 0.476. The van der Waals surface area contributed by atoms with Crippen LogP contribution in [-0.4, -0.2) is 47.0 Å². The van der Waals surface area contributed by atoms with Crippen LogP contribution in [0.25, 0.3) is 0 Å². The molecule has 0 saturated carbocycles. The van der Waals surface area contributed by atoms with Gasteiger partial charge in [-0.3, -0.25) is 19.3 Å². The molecule has 9 heteroatoms. The minimum Gasteiger partial charge on any atom is -0.481 e. The molecule has 2 saturated heterocycles. The van der Waals surface area contributed by atoms with Gasteiger partial charge in [-0.25, -0.2) is 0 Å². The minimum atomic E-state index is -1.57. The SMILES string of the molecule is C=CCOC(=O)[C@H]1[C@@H](C(=O)O)[C@@H]2CC(C)(C)CN2C12C(=O)Nc1c(Cl)cc(Cl)cc12. The summed E-state index contributed by atoms with van der Waals surface area (Å²) in [6.07, 6.45) is 1.92. The quantitative estimate of drug-likeness (QED) is 0.537. The highest BCUT2D eigenvalue weighted by Crippen LogP contribution is 2.61. The standard InChI is InChI=1S/C21H22Cl2N2O5/c1-4-5-30-18(28)15-14(17(26)27)13-8-20(2,3)9-25(13)21(15)11-6-10(22)7-12(23)16(11)24-19(21)29/h4,6-7,13-15H,1,5,8-9H2,2-3H3,(H,24,29)(H,26,27)/t13-,14-,15+,21?/m0/s1. The lowest BCUT2D eigenvalue weighted by Gasteiger charge is -2.37. The molecule has 3 aliphatic heterocycles. The van der Waals surface area contributed by atoms with Crippen molar-refractivity contribution < 1.29 is 24.2 Å². The van der Waals surface area contributed by atoms with Gasteiger partial charge < -0.3 is 15.2 Å². The molecule has 0 bridgehead atoms. The predicted octanol–water partition coefficient (Wildman–Crippen LogP) is 3.30. The van der Waals surface area contributed by atoms with Gasteiger partial charge in [-0.15, -0.1) is 0 Å². The van der Waals surface area contributed by atoms with Crippen molar-refractivity contribution in [1.82, 2.24) is 4.90 Å². The molecule has 1 aromatic rings. The average molecular weight is 453 g/mol. The summed E-state index contributed by atoms with van der Waals surface area (Å²) in [4.78, 5) is 41.0. The smallest absolute Gasteiger partial charge is 0.313 e. The Labute approximate surface area is 184 Å². The van der Waals surface area contributed by atoms with Crippen LogP contribution in [0.5, 0.6) is 0 Å². The lowest BCUT2D eigenvalue weighted by atomic mass is 9.72. The average Bonchev–Trinajstić information content (AvgIpc) is 3.20. The number of hydrogen-bond acceptors (Lipinski definition) is 5. The number of esters is 1. The number of carboxylic acid groups (broad SMARTS) is 1. The number of rotatable bonds is 4. The van der Waals surface area contributed by atoms with E-state index in [0.717, 1.165) is 0 Å². The van der Waals surface area contributed by atoms with E-state index in [1.54, 1.807) is 6.07 Å². The molecule has 30 heavy (non-hydrogen) atoms. The van der Waals surface area contributed by atoms with Gasteiger partial charge >= 0.3 is 11.9 Å². The Morgan fingerprint density at radius 1 is 1.40 bits per heavy atom. The Hall–Kier alpha value is -2.09.